The number of hydrogen-bond donors (Lipinski definition) is 5. The first-order chi connectivity index (χ1) is 14.8. The highest BCUT2D eigenvalue weighted by Gasteiger charge is 2.62. The molecular weight excluding hydrogens is 440 g/mol. The average molecular weight is 461 g/mol. The number of aliphatic hydroxyl groups is 2. The first-order valence-electron chi connectivity index (χ1n) is 9.72. The first kappa shape index (κ1) is 22.1. The maximum Gasteiger partial charge on any atom is 0.255 e. The van der Waals surface area contributed by atoms with Gasteiger partial charge in [-0.05, 0) is 50.7 Å². The number of nitrogens with two attached hydrogens (primary N) is 1. The van der Waals surface area contributed by atoms with Crippen molar-refractivity contribution in [2.24, 2.45) is 11.7 Å². The number of Topliss-reactive ketones (excluding diaryl/α,β-unsaturated/α-hetero) is 2. The number of primary amides is 1. The van der Waals surface area contributed by atoms with E-state index in [1.165, 1.54) is 31.1 Å². The fraction of sp³-hybridized carbons (Fsp3) is 0.318. The number of aromatic hydroxyl groups is 2. The summed E-state index contributed by atoms with van der Waals surface area (Å²) in [4.78, 5) is 40.0. The number of aryl methyl sites for hydroxylation is 1. The SMILES string of the molecule is Cc1c2c(c(O)c3c(O)ccc(Cl)c13)C(=O)[C@]1(O)C(O)=C(C(N)=O)C(=O)C(N(C)C)C1C2. The van der Waals surface area contributed by atoms with Gasteiger partial charge in [-0.25, -0.2) is 0 Å². The van der Waals surface area contributed by atoms with Crippen LogP contribution >= 0.6 is 11.6 Å². The summed E-state index contributed by atoms with van der Waals surface area (Å²) in [7, 11) is 3.06. The number of aliphatic hydroxyl groups excluding tert-OH is 1. The van der Waals surface area contributed by atoms with E-state index in [4.69, 9.17) is 17.3 Å². The van der Waals surface area contributed by atoms with Crippen molar-refractivity contribution in [3.05, 3.63) is 45.2 Å². The molecule has 168 valence electrons. The van der Waals surface area contributed by atoms with Crippen LogP contribution in [0.1, 0.15) is 21.5 Å². The fourth-order valence-corrected chi connectivity index (χ4v) is 5.40. The fourth-order valence-electron chi connectivity index (χ4n) is 5.10. The standard InChI is InChI=1S/C22H21ClN2O7/c1-7-8-6-9-16(25(2)3)18(28)15(21(24)31)20(30)22(9,32)19(29)13(8)17(27)14-11(26)5-4-10(23)12(7)14/h4-5,9,16,26-27,30,32H,6H2,1-3H3,(H2,24,31)/t9?,16?,22-/m0/s1. The third-order valence-corrected chi connectivity index (χ3v) is 6.88. The number of likely N-dealkylation sites (N-methyl/N-ethyl adjacent to an activating group) is 1. The molecule has 0 fully saturated rings. The number of nitrogens with zero attached hydrogens (tertiary/aromatic N) is 1. The molecule has 10 heteroatoms. The largest absolute Gasteiger partial charge is 0.508 e. The van der Waals surface area contributed by atoms with Gasteiger partial charge in [-0.1, -0.05) is 11.6 Å². The highest BCUT2D eigenvalue weighted by Crippen LogP contribution is 2.51. The number of hydrogen-bond acceptors (Lipinski definition) is 8. The molecule has 2 aliphatic carbocycles. The van der Waals surface area contributed by atoms with E-state index < -0.39 is 52.1 Å². The number of ketones is 2. The van der Waals surface area contributed by atoms with Gasteiger partial charge in [-0.15, -0.1) is 0 Å². The van der Waals surface area contributed by atoms with Crippen LogP contribution in [-0.2, 0) is 16.0 Å². The quantitative estimate of drug-likeness (QED) is 0.416. The average Bonchev–Trinajstić information content (AvgIpc) is 2.69. The minimum atomic E-state index is -2.69. The number of carbonyl (C=O) groups excluding carboxylic acids is 3. The normalized spacial score (nSPS) is 25.3. The monoisotopic (exact) mass is 460 g/mol. The maximum atomic E-state index is 13.6. The number of rotatable bonds is 2. The molecule has 1 amide bonds. The van der Waals surface area contributed by atoms with E-state index in [9.17, 15) is 34.8 Å². The van der Waals surface area contributed by atoms with Gasteiger partial charge in [-0.3, -0.25) is 19.3 Å². The topological polar surface area (TPSA) is 161 Å². The van der Waals surface area contributed by atoms with Crippen molar-refractivity contribution in [1.29, 1.82) is 0 Å². The lowest BCUT2D eigenvalue weighted by atomic mass is 9.61. The Hall–Kier alpha value is -3.14. The van der Waals surface area contributed by atoms with Gasteiger partial charge in [0.2, 0.25) is 5.78 Å². The molecule has 2 aliphatic rings. The second kappa shape index (κ2) is 6.93. The summed E-state index contributed by atoms with van der Waals surface area (Å²) in [6, 6.07) is 1.54. The van der Waals surface area contributed by atoms with Crippen LogP contribution in [0.4, 0.5) is 0 Å². The van der Waals surface area contributed by atoms with Gasteiger partial charge >= 0.3 is 0 Å². The van der Waals surface area contributed by atoms with Crippen molar-refractivity contribution >= 4 is 39.8 Å². The van der Waals surface area contributed by atoms with Crippen LogP contribution < -0.4 is 5.73 Å². The van der Waals surface area contributed by atoms with Crippen LogP contribution in [0.15, 0.2) is 23.5 Å². The molecule has 32 heavy (non-hydrogen) atoms. The van der Waals surface area contributed by atoms with E-state index in [1.54, 1.807) is 6.92 Å². The second-order valence-electron chi connectivity index (χ2n) is 8.41. The van der Waals surface area contributed by atoms with Crippen molar-refractivity contribution in [2.75, 3.05) is 14.1 Å². The van der Waals surface area contributed by atoms with Crippen molar-refractivity contribution in [2.45, 2.75) is 25.0 Å². The Bertz CT molecular complexity index is 1280. The predicted molar refractivity (Wildman–Crippen MR) is 115 cm³/mol. The van der Waals surface area contributed by atoms with Crippen molar-refractivity contribution in [3.8, 4) is 11.5 Å². The summed E-state index contributed by atoms with van der Waals surface area (Å²) < 4.78 is 0. The highest BCUT2D eigenvalue weighted by atomic mass is 35.5. The Balaban J connectivity index is 2.13. The number of phenols is 2. The molecule has 0 saturated heterocycles. The van der Waals surface area contributed by atoms with E-state index in [-0.39, 0.29) is 28.1 Å². The molecule has 4 rings (SSSR count). The van der Waals surface area contributed by atoms with Crippen LogP contribution in [0.5, 0.6) is 11.5 Å². The molecule has 0 saturated carbocycles. The lowest BCUT2D eigenvalue weighted by Gasteiger charge is -2.47. The summed E-state index contributed by atoms with van der Waals surface area (Å²) in [5.74, 6) is -6.49. The molecule has 2 unspecified atom stereocenters. The van der Waals surface area contributed by atoms with Crippen molar-refractivity contribution in [1.82, 2.24) is 4.90 Å². The van der Waals surface area contributed by atoms with Gasteiger partial charge in [0.05, 0.1) is 17.0 Å². The number of halogens is 1. The van der Waals surface area contributed by atoms with Crippen molar-refractivity contribution in [3.63, 3.8) is 0 Å². The van der Waals surface area contributed by atoms with Crippen LogP contribution in [0.25, 0.3) is 10.8 Å². The molecule has 0 aliphatic heterocycles. The predicted octanol–water partition coefficient (Wildman–Crippen LogP) is 1.11. The molecule has 9 nitrogen and oxygen atoms in total. The maximum absolute atomic E-state index is 13.6. The Morgan fingerprint density at radius 3 is 2.38 bits per heavy atom. The Labute approximate surface area is 187 Å². The summed E-state index contributed by atoms with van der Waals surface area (Å²) in [5.41, 5.74) is 2.19. The summed E-state index contributed by atoms with van der Waals surface area (Å²) in [5, 5.41) is 44.0. The Morgan fingerprint density at radius 2 is 1.81 bits per heavy atom. The van der Waals surface area contributed by atoms with E-state index in [1.807, 2.05) is 0 Å². The lowest BCUT2D eigenvalue weighted by Crippen LogP contribution is -2.64. The molecule has 0 spiro atoms. The molecular formula is C22H21ClN2O7. The van der Waals surface area contributed by atoms with Crippen molar-refractivity contribution < 1.29 is 34.8 Å². The van der Waals surface area contributed by atoms with Gasteiger partial charge in [0.15, 0.2) is 11.4 Å². The number of carbonyl (C=O) groups is 3. The second-order valence-corrected chi connectivity index (χ2v) is 8.82. The zero-order valence-corrected chi connectivity index (χ0v) is 18.2. The molecule has 0 radical (unpaired) electrons. The third-order valence-electron chi connectivity index (χ3n) is 6.57. The van der Waals surface area contributed by atoms with E-state index >= 15 is 0 Å². The van der Waals surface area contributed by atoms with E-state index in [2.05, 4.69) is 0 Å². The van der Waals surface area contributed by atoms with Crippen LogP contribution in [-0.4, -0.2) is 68.5 Å². The third kappa shape index (κ3) is 2.55. The van der Waals surface area contributed by atoms with Gasteiger partial charge in [0.25, 0.3) is 5.91 Å². The zero-order valence-electron chi connectivity index (χ0n) is 17.4. The molecule has 2 aromatic rings. The summed E-state index contributed by atoms with van der Waals surface area (Å²) >= 11 is 6.31. The number of phenolic OH excluding ortho intramolecular Hbond substituents is 2. The van der Waals surface area contributed by atoms with E-state index in [0.29, 0.717) is 16.5 Å². The van der Waals surface area contributed by atoms with Gasteiger partial charge < -0.3 is 26.2 Å². The molecule has 3 atom stereocenters. The molecule has 0 aromatic heterocycles. The van der Waals surface area contributed by atoms with Gasteiger partial charge in [0, 0.05) is 16.3 Å². The smallest absolute Gasteiger partial charge is 0.255 e. The minimum absolute atomic E-state index is 0.0845. The highest BCUT2D eigenvalue weighted by molar-refractivity contribution is 6.37. The number of fused-ring (bicyclic) bond motifs is 3. The minimum Gasteiger partial charge on any atom is -0.508 e. The first-order valence-corrected chi connectivity index (χ1v) is 10.1. The number of benzene rings is 2. The summed E-state index contributed by atoms with van der Waals surface area (Å²) in [6.45, 7) is 1.64. The van der Waals surface area contributed by atoms with Gasteiger partial charge in [-0.2, -0.15) is 0 Å². The molecule has 0 heterocycles. The van der Waals surface area contributed by atoms with E-state index in [0.717, 1.165) is 0 Å². The van der Waals surface area contributed by atoms with Gasteiger partial charge in [0.1, 0.15) is 22.8 Å². The summed E-state index contributed by atoms with van der Waals surface area (Å²) in [6.07, 6.45) is -0.108. The molecule has 0 bridgehead atoms. The Kier molecular flexibility index (Phi) is 4.78. The zero-order chi connectivity index (χ0) is 23.9. The molecule has 6 N–H and O–H groups in total. The van der Waals surface area contributed by atoms with Crippen LogP contribution in [0, 0.1) is 12.8 Å². The number of amides is 1. The van der Waals surface area contributed by atoms with Crippen LogP contribution in [0.2, 0.25) is 5.02 Å². The molecule has 2 aromatic carbocycles. The lowest BCUT2D eigenvalue weighted by molar-refractivity contribution is -0.132. The Morgan fingerprint density at radius 1 is 1.19 bits per heavy atom. The van der Waals surface area contributed by atoms with Crippen LogP contribution in [0.3, 0.4) is 0 Å².